The van der Waals surface area contributed by atoms with Crippen molar-refractivity contribution in [1.82, 2.24) is 4.84 Å². The number of hydrogen-bond acceptors (Lipinski definition) is 2. The van der Waals surface area contributed by atoms with Crippen molar-refractivity contribution in [3.05, 3.63) is 0 Å². The van der Waals surface area contributed by atoms with E-state index in [-0.39, 0.29) is 5.91 Å². The van der Waals surface area contributed by atoms with Crippen LogP contribution in [0.25, 0.3) is 0 Å². The minimum atomic E-state index is -0.516. The van der Waals surface area contributed by atoms with Gasteiger partial charge in [0.2, 0.25) is 0 Å². The molecule has 0 aliphatic heterocycles. The lowest BCUT2D eigenvalue weighted by molar-refractivity contribution is -0.120. The van der Waals surface area contributed by atoms with Gasteiger partial charge in [0.15, 0.2) is 0 Å². The fraction of sp³-hybridized carbons (Fsp3) is 0.667. The van der Waals surface area contributed by atoms with Crippen LogP contribution in [0.5, 0.6) is 0 Å². The third-order valence-electron chi connectivity index (χ3n) is 0.507. The summed E-state index contributed by atoms with van der Waals surface area (Å²) in [4.78, 5) is 12.0. The van der Waals surface area contributed by atoms with Crippen molar-refractivity contribution in [1.29, 1.82) is 0 Å². The van der Waals surface area contributed by atoms with Gasteiger partial charge < -0.3 is 5.73 Å². The summed E-state index contributed by atoms with van der Waals surface area (Å²) in [6.07, 6.45) is 0. The van der Waals surface area contributed by atoms with E-state index >= 15 is 0 Å². The highest BCUT2D eigenvalue weighted by atomic mass is 35.5. The average molecular weight is 123 g/mol. The predicted molar refractivity (Wildman–Crippen MR) is 27.6 cm³/mol. The van der Waals surface area contributed by atoms with Gasteiger partial charge in [0, 0.05) is 11.8 Å². The zero-order valence-electron chi connectivity index (χ0n) is 3.94. The molecule has 1 atom stereocenters. The number of carbonyl (C=O) groups is 1. The van der Waals surface area contributed by atoms with Gasteiger partial charge in [-0.1, -0.05) is 0 Å². The van der Waals surface area contributed by atoms with Crippen LogP contribution in [0, 0.1) is 0 Å². The molecule has 3 N–H and O–H groups in total. The first kappa shape index (κ1) is 6.72. The van der Waals surface area contributed by atoms with Crippen LogP contribution in [-0.4, -0.2) is 11.9 Å². The molecule has 0 unspecified atom stereocenters. The third-order valence-corrected chi connectivity index (χ3v) is 0.693. The summed E-state index contributed by atoms with van der Waals surface area (Å²) in [5.41, 5.74) is 5.05. The minimum absolute atomic E-state index is 0.360. The maximum Gasteiger partial charge on any atom is 0.250 e. The Kier molecular flexibility index (Phi) is 2.71. The Labute approximate surface area is 46.9 Å². The van der Waals surface area contributed by atoms with Crippen LogP contribution < -0.4 is 10.6 Å². The normalized spacial score (nSPS) is 13.0. The molecule has 0 heterocycles. The molecule has 0 bridgehead atoms. The largest absolute Gasteiger partial charge is 0.320 e. The van der Waals surface area contributed by atoms with E-state index in [4.69, 9.17) is 17.5 Å². The summed E-state index contributed by atoms with van der Waals surface area (Å²) in [6.45, 7) is 1.55. The van der Waals surface area contributed by atoms with Gasteiger partial charge in [-0.25, -0.2) is 0 Å². The van der Waals surface area contributed by atoms with Crippen molar-refractivity contribution in [2.24, 2.45) is 5.73 Å². The van der Waals surface area contributed by atoms with E-state index in [2.05, 4.69) is 0 Å². The van der Waals surface area contributed by atoms with Gasteiger partial charge in [-0.05, 0) is 6.92 Å². The van der Waals surface area contributed by atoms with Crippen molar-refractivity contribution in [2.75, 3.05) is 0 Å². The smallest absolute Gasteiger partial charge is 0.250 e. The molecule has 0 spiro atoms. The second kappa shape index (κ2) is 2.82. The van der Waals surface area contributed by atoms with Crippen molar-refractivity contribution in [3.8, 4) is 0 Å². The lowest BCUT2D eigenvalue weighted by Gasteiger charge is -1.97. The van der Waals surface area contributed by atoms with Crippen molar-refractivity contribution < 1.29 is 4.79 Å². The Balaban J connectivity index is 3.35. The molecule has 0 aromatic carbocycles. The molecule has 0 fully saturated rings. The third kappa shape index (κ3) is 2.42. The van der Waals surface area contributed by atoms with Gasteiger partial charge in [0.1, 0.15) is 0 Å². The summed E-state index contributed by atoms with van der Waals surface area (Å²) >= 11 is 4.87. The van der Waals surface area contributed by atoms with Crippen molar-refractivity contribution in [2.45, 2.75) is 13.0 Å². The van der Waals surface area contributed by atoms with Crippen molar-refractivity contribution in [3.63, 3.8) is 0 Å². The molecule has 3 nitrogen and oxygen atoms in total. The average Bonchev–Trinajstić information content (AvgIpc) is 1.65. The van der Waals surface area contributed by atoms with E-state index in [0.717, 1.165) is 0 Å². The highest BCUT2D eigenvalue weighted by molar-refractivity contribution is 6.22. The molecule has 4 heteroatoms. The second-order valence-corrected chi connectivity index (χ2v) is 1.44. The monoisotopic (exact) mass is 122 g/mol. The zero-order chi connectivity index (χ0) is 5.86. The molecule has 1 amide bonds. The Hall–Kier alpha value is -0.280. The number of halogens is 1. The number of hydrogen-bond donors (Lipinski definition) is 2. The van der Waals surface area contributed by atoms with Crippen LogP contribution in [0.2, 0.25) is 0 Å². The minimum Gasteiger partial charge on any atom is -0.320 e. The Morgan fingerprint density at radius 2 is 2.43 bits per heavy atom. The fourth-order valence-electron chi connectivity index (χ4n) is 0.0861. The highest BCUT2D eigenvalue weighted by Gasteiger charge is 2.02. The molecule has 0 aromatic heterocycles. The molecular formula is C3H7ClN2O. The van der Waals surface area contributed by atoms with Crippen LogP contribution in [-0.2, 0) is 4.79 Å². The summed E-state index contributed by atoms with van der Waals surface area (Å²) < 4.78 is 0. The molecule has 0 aromatic rings. The maximum atomic E-state index is 10.1. The Morgan fingerprint density at radius 1 is 2.00 bits per heavy atom. The van der Waals surface area contributed by atoms with E-state index in [1.54, 1.807) is 6.92 Å². The van der Waals surface area contributed by atoms with Crippen LogP contribution in [0.4, 0.5) is 0 Å². The zero-order valence-corrected chi connectivity index (χ0v) is 4.70. The molecule has 42 valence electrons. The topological polar surface area (TPSA) is 55.1 Å². The van der Waals surface area contributed by atoms with Gasteiger partial charge in [-0.2, -0.15) is 0 Å². The predicted octanol–water partition coefficient (Wildman–Crippen LogP) is -0.396. The second-order valence-electron chi connectivity index (χ2n) is 1.25. The van der Waals surface area contributed by atoms with E-state index < -0.39 is 6.04 Å². The SMILES string of the molecule is C[C@@H](N)C(=O)NCl. The summed E-state index contributed by atoms with van der Waals surface area (Å²) in [7, 11) is 0. The molecular weight excluding hydrogens is 115 g/mol. The van der Waals surface area contributed by atoms with Gasteiger partial charge >= 0.3 is 0 Å². The van der Waals surface area contributed by atoms with Crippen LogP contribution >= 0.6 is 11.8 Å². The molecule has 0 aliphatic rings. The lowest BCUT2D eigenvalue weighted by Crippen LogP contribution is -2.33. The number of nitrogens with one attached hydrogen (secondary N) is 1. The van der Waals surface area contributed by atoms with E-state index in [1.165, 1.54) is 0 Å². The first-order valence-electron chi connectivity index (χ1n) is 1.84. The van der Waals surface area contributed by atoms with Crippen LogP contribution in [0.1, 0.15) is 6.92 Å². The Morgan fingerprint density at radius 3 is 2.43 bits per heavy atom. The van der Waals surface area contributed by atoms with Gasteiger partial charge in [0.25, 0.3) is 5.91 Å². The standard InChI is InChI=1S/C3H7ClN2O/c1-2(5)3(7)6-4/h2H,5H2,1H3,(H,6,7)/t2-/m1/s1. The van der Waals surface area contributed by atoms with E-state index in [9.17, 15) is 4.79 Å². The highest BCUT2D eigenvalue weighted by Crippen LogP contribution is 1.73. The van der Waals surface area contributed by atoms with Crippen molar-refractivity contribution >= 4 is 17.7 Å². The molecule has 0 saturated heterocycles. The maximum absolute atomic E-state index is 10.1. The molecule has 0 rings (SSSR count). The first-order valence-corrected chi connectivity index (χ1v) is 2.22. The summed E-state index contributed by atoms with van der Waals surface area (Å²) in [5, 5.41) is 0. The fourth-order valence-corrected chi connectivity index (χ4v) is 0.258. The quantitative estimate of drug-likeness (QED) is 0.465. The molecule has 0 aliphatic carbocycles. The number of amides is 1. The number of carbonyl (C=O) groups excluding carboxylic acids is 1. The summed E-state index contributed by atoms with van der Waals surface area (Å²) in [5.74, 6) is -0.360. The van der Waals surface area contributed by atoms with E-state index in [0.29, 0.717) is 0 Å². The first-order chi connectivity index (χ1) is 3.18. The molecule has 0 saturated carbocycles. The van der Waals surface area contributed by atoms with Gasteiger partial charge in [-0.15, -0.1) is 0 Å². The lowest BCUT2D eigenvalue weighted by atomic mass is 10.4. The Bertz CT molecular complexity index is 73.3. The number of nitrogens with two attached hydrogens (primary N) is 1. The van der Waals surface area contributed by atoms with Gasteiger partial charge in [-0.3, -0.25) is 9.63 Å². The number of rotatable bonds is 1. The van der Waals surface area contributed by atoms with Gasteiger partial charge in [0.05, 0.1) is 6.04 Å². The summed E-state index contributed by atoms with van der Waals surface area (Å²) in [6, 6.07) is -0.516. The van der Waals surface area contributed by atoms with Crippen LogP contribution in [0.3, 0.4) is 0 Å². The molecule has 7 heavy (non-hydrogen) atoms. The van der Waals surface area contributed by atoms with Crippen LogP contribution in [0.15, 0.2) is 0 Å². The van der Waals surface area contributed by atoms with E-state index in [1.807, 2.05) is 4.84 Å². The molecule has 0 radical (unpaired) electrons.